The van der Waals surface area contributed by atoms with Crippen LogP contribution in [0, 0.1) is 0 Å². The summed E-state index contributed by atoms with van der Waals surface area (Å²) in [5, 5.41) is 4.17. The van der Waals surface area contributed by atoms with E-state index in [-0.39, 0.29) is 11.8 Å². The average Bonchev–Trinajstić information content (AvgIpc) is 2.97. The molecular formula is C17H20N2O2. The molecule has 110 valence electrons. The van der Waals surface area contributed by atoms with Crippen LogP contribution < -0.4 is 4.74 Å². The van der Waals surface area contributed by atoms with Crippen molar-refractivity contribution < 1.29 is 9.53 Å². The number of carbonyl (C=O) groups is 1. The van der Waals surface area contributed by atoms with Gasteiger partial charge < -0.3 is 4.74 Å². The standard InChI is InChI=1S/C17H20N2O2/c1-4-21-16-8-5-14(6-9-16)7-10-17(20)15-11-18-19(12-15)13(2)3/h5-13H,4H2,1-3H3. The van der Waals surface area contributed by atoms with E-state index in [1.165, 1.54) is 0 Å². The number of ketones is 1. The van der Waals surface area contributed by atoms with Crippen LogP contribution >= 0.6 is 0 Å². The quantitative estimate of drug-likeness (QED) is 0.599. The molecule has 1 heterocycles. The van der Waals surface area contributed by atoms with Gasteiger partial charge in [-0.25, -0.2) is 0 Å². The van der Waals surface area contributed by atoms with E-state index in [0.29, 0.717) is 12.2 Å². The third-order valence-corrected chi connectivity index (χ3v) is 3.03. The fourth-order valence-electron chi connectivity index (χ4n) is 1.86. The third kappa shape index (κ3) is 4.05. The second-order valence-electron chi connectivity index (χ2n) is 5.00. The number of ether oxygens (including phenoxy) is 1. The van der Waals surface area contributed by atoms with Gasteiger partial charge in [0.1, 0.15) is 5.75 Å². The summed E-state index contributed by atoms with van der Waals surface area (Å²) in [5.74, 6) is 0.787. The van der Waals surface area contributed by atoms with Crippen LogP contribution in [0.4, 0.5) is 0 Å². The van der Waals surface area contributed by atoms with Crippen LogP contribution in [-0.4, -0.2) is 22.2 Å². The summed E-state index contributed by atoms with van der Waals surface area (Å²) in [7, 11) is 0. The minimum atomic E-state index is -0.0456. The molecule has 0 bridgehead atoms. The van der Waals surface area contributed by atoms with Crippen LogP contribution in [0.15, 0.2) is 42.7 Å². The lowest BCUT2D eigenvalue weighted by Crippen LogP contribution is -2.00. The zero-order valence-corrected chi connectivity index (χ0v) is 12.6. The Kier molecular flexibility index (Phi) is 4.93. The van der Waals surface area contributed by atoms with Crippen molar-refractivity contribution in [3.8, 4) is 5.75 Å². The first-order valence-electron chi connectivity index (χ1n) is 7.09. The van der Waals surface area contributed by atoms with Crippen molar-refractivity contribution in [3.05, 3.63) is 53.9 Å². The van der Waals surface area contributed by atoms with Crippen LogP contribution in [-0.2, 0) is 0 Å². The summed E-state index contributed by atoms with van der Waals surface area (Å²) in [6, 6.07) is 7.88. The van der Waals surface area contributed by atoms with Gasteiger partial charge in [0.25, 0.3) is 0 Å². The van der Waals surface area contributed by atoms with E-state index in [4.69, 9.17) is 4.74 Å². The maximum atomic E-state index is 12.1. The molecule has 0 saturated heterocycles. The summed E-state index contributed by atoms with van der Waals surface area (Å²) in [6.45, 7) is 6.64. The summed E-state index contributed by atoms with van der Waals surface area (Å²) >= 11 is 0. The van der Waals surface area contributed by atoms with E-state index in [9.17, 15) is 4.79 Å². The van der Waals surface area contributed by atoms with E-state index in [1.54, 1.807) is 29.2 Å². The lowest BCUT2D eigenvalue weighted by atomic mass is 10.1. The topological polar surface area (TPSA) is 44.1 Å². The molecule has 0 radical (unpaired) electrons. The van der Waals surface area contributed by atoms with Crippen LogP contribution in [0.1, 0.15) is 42.7 Å². The molecule has 2 rings (SSSR count). The number of allylic oxidation sites excluding steroid dienone is 1. The molecule has 1 aromatic heterocycles. The van der Waals surface area contributed by atoms with E-state index in [2.05, 4.69) is 5.10 Å². The van der Waals surface area contributed by atoms with Crippen molar-refractivity contribution in [2.45, 2.75) is 26.8 Å². The fraction of sp³-hybridized carbons (Fsp3) is 0.294. The van der Waals surface area contributed by atoms with Crippen LogP contribution in [0.2, 0.25) is 0 Å². The summed E-state index contributed by atoms with van der Waals surface area (Å²) < 4.78 is 7.15. The molecular weight excluding hydrogens is 264 g/mol. The Morgan fingerprint density at radius 1 is 1.33 bits per heavy atom. The highest BCUT2D eigenvalue weighted by Crippen LogP contribution is 2.14. The van der Waals surface area contributed by atoms with Gasteiger partial charge in [0, 0.05) is 12.2 Å². The fourth-order valence-corrected chi connectivity index (χ4v) is 1.86. The van der Waals surface area contributed by atoms with Gasteiger partial charge in [0.2, 0.25) is 0 Å². The predicted octanol–water partition coefficient (Wildman–Crippen LogP) is 3.76. The molecule has 1 aromatic carbocycles. The highest BCUT2D eigenvalue weighted by atomic mass is 16.5. The summed E-state index contributed by atoms with van der Waals surface area (Å²) in [4.78, 5) is 12.1. The Labute approximate surface area is 125 Å². The SMILES string of the molecule is CCOc1ccc(C=CC(=O)c2cnn(C(C)C)c2)cc1. The second-order valence-corrected chi connectivity index (χ2v) is 5.00. The molecule has 2 aromatic rings. The second kappa shape index (κ2) is 6.88. The van der Waals surface area contributed by atoms with Gasteiger partial charge in [-0.05, 0) is 44.5 Å². The molecule has 0 aliphatic carbocycles. The van der Waals surface area contributed by atoms with Crippen LogP contribution in [0.5, 0.6) is 5.75 Å². The highest BCUT2D eigenvalue weighted by molar-refractivity contribution is 6.06. The molecule has 0 amide bonds. The first-order valence-corrected chi connectivity index (χ1v) is 7.09. The normalized spacial score (nSPS) is 11.2. The van der Waals surface area contributed by atoms with Crippen molar-refractivity contribution in [2.75, 3.05) is 6.61 Å². The highest BCUT2D eigenvalue weighted by Gasteiger charge is 2.06. The molecule has 0 aliphatic heterocycles. The van der Waals surface area contributed by atoms with Crippen molar-refractivity contribution in [1.82, 2.24) is 9.78 Å². The molecule has 0 unspecified atom stereocenters. The lowest BCUT2D eigenvalue weighted by molar-refractivity contribution is 0.104. The van der Waals surface area contributed by atoms with Crippen LogP contribution in [0.25, 0.3) is 6.08 Å². The molecule has 4 nitrogen and oxygen atoms in total. The number of benzene rings is 1. The summed E-state index contributed by atoms with van der Waals surface area (Å²) in [6.07, 6.45) is 6.74. The molecule has 21 heavy (non-hydrogen) atoms. The van der Waals surface area contributed by atoms with E-state index >= 15 is 0 Å². The minimum Gasteiger partial charge on any atom is -0.494 e. The number of rotatable bonds is 6. The Hall–Kier alpha value is -2.36. The molecule has 0 aliphatic rings. The monoisotopic (exact) mass is 284 g/mol. The van der Waals surface area contributed by atoms with Crippen molar-refractivity contribution in [3.63, 3.8) is 0 Å². The van der Waals surface area contributed by atoms with Gasteiger partial charge in [-0.15, -0.1) is 0 Å². The van der Waals surface area contributed by atoms with Gasteiger partial charge in [0.05, 0.1) is 18.4 Å². The third-order valence-electron chi connectivity index (χ3n) is 3.03. The Bertz CT molecular complexity index is 624. The zero-order valence-electron chi connectivity index (χ0n) is 12.6. The average molecular weight is 284 g/mol. The number of carbonyl (C=O) groups excluding carboxylic acids is 1. The van der Waals surface area contributed by atoms with Gasteiger partial charge in [-0.2, -0.15) is 5.10 Å². The Morgan fingerprint density at radius 3 is 2.62 bits per heavy atom. The molecule has 4 heteroatoms. The smallest absolute Gasteiger partial charge is 0.189 e. The number of hydrogen-bond acceptors (Lipinski definition) is 3. The number of hydrogen-bond donors (Lipinski definition) is 0. The maximum Gasteiger partial charge on any atom is 0.189 e. The van der Waals surface area contributed by atoms with E-state index in [1.807, 2.05) is 45.0 Å². The van der Waals surface area contributed by atoms with E-state index < -0.39 is 0 Å². The van der Waals surface area contributed by atoms with Gasteiger partial charge in [0.15, 0.2) is 5.78 Å². The van der Waals surface area contributed by atoms with Gasteiger partial charge in [-0.3, -0.25) is 9.48 Å². The Morgan fingerprint density at radius 2 is 2.05 bits per heavy atom. The lowest BCUT2D eigenvalue weighted by Gasteiger charge is -2.02. The van der Waals surface area contributed by atoms with Gasteiger partial charge in [-0.1, -0.05) is 18.2 Å². The molecule has 0 N–H and O–H groups in total. The maximum absolute atomic E-state index is 12.1. The first kappa shape index (κ1) is 15.0. The predicted molar refractivity (Wildman–Crippen MR) is 83.6 cm³/mol. The first-order chi connectivity index (χ1) is 10.1. The molecule has 0 saturated carbocycles. The number of nitrogens with zero attached hydrogens (tertiary/aromatic N) is 2. The molecule has 0 fully saturated rings. The molecule has 0 atom stereocenters. The largest absolute Gasteiger partial charge is 0.494 e. The Balaban J connectivity index is 2.03. The van der Waals surface area contributed by atoms with Gasteiger partial charge >= 0.3 is 0 Å². The zero-order chi connectivity index (χ0) is 15.2. The molecule has 0 spiro atoms. The van der Waals surface area contributed by atoms with Crippen LogP contribution in [0.3, 0.4) is 0 Å². The summed E-state index contributed by atoms with van der Waals surface area (Å²) in [5.41, 5.74) is 1.56. The van der Waals surface area contributed by atoms with Crippen molar-refractivity contribution >= 4 is 11.9 Å². The number of aromatic nitrogens is 2. The van der Waals surface area contributed by atoms with Crippen molar-refractivity contribution in [1.29, 1.82) is 0 Å². The van der Waals surface area contributed by atoms with E-state index in [0.717, 1.165) is 11.3 Å². The minimum absolute atomic E-state index is 0.0456. The van der Waals surface area contributed by atoms with Crippen molar-refractivity contribution in [2.24, 2.45) is 0 Å².